The van der Waals surface area contributed by atoms with Gasteiger partial charge in [-0.2, -0.15) is 20.2 Å². The monoisotopic (exact) mass is 590 g/mol. The van der Waals surface area contributed by atoms with Gasteiger partial charge in [-0.05, 0) is 82.6 Å². The summed E-state index contributed by atoms with van der Waals surface area (Å²) in [4.78, 5) is 7.02. The fourth-order valence-electron chi connectivity index (χ4n) is 5.87. The molecule has 4 rings (SSSR count). The number of nitrogens with zero attached hydrogens (tertiary/aromatic N) is 4. The van der Waals surface area contributed by atoms with Crippen LogP contribution in [0.4, 0.5) is 0 Å². The number of nitriles is 2. The molecule has 0 radical (unpaired) electrons. The second-order valence-electron chi connectivity index (χ2n) is 11.0. The molecule has 0 bridgehead atoms. The Morgan fingerprint density at radius 1 is 0.643 bits per heavy atom. The molecule has 0 aliphatic carbocycles. The van der Waals surface area contributed by atoms with Crippen LogP contribution >= 0.6 is 22.7 Å². The average Bonchev–Trinajstić information content (AvgIpc) is 3.62. The standard InChI is InChI=1S/C36H38N4S2/c1-5-7-9-11-13-15-17-28-31-20-26-22-33(36(39-3)40-4)42-35(26)29(18-16-14-12-10-8-6-2)30(31)19-25-21-32(41-34(25)28)27(23-37)24-38/h19-22H,5-18H2,1-2H3. The highest BCUT2D eigenvalue weighted by Crippen LogP contribution is 2.39. The first kappa shape index (κ1) is 31.3. The van der Waals surface area contributed by atoms with Gasteiger partial charge in [0.15, 0.2) is 0 Å². The van der Waals surface area contributed by atoms with E-state index >= 15 is 0 Å². The Labute approximate surface area is 257 Å². The van der Waals surface area contributed by atoms with Gasteiger partial charge >= 0.3 is 5.82 Å². The van der Waals surface area contributed by atoms with Crippen molar-refractivity contribution < 1.29 is 0 Å². The van der Waals surface area contributed by atoms with Crippen molar-refractivity contribution in [1.29, 1.82) is 10.5 Å². The number of hydrogen-bond acceptors (Lipinski definition) is 4. The minimum Gasteiger partial charge on any atom is -0.192 e. The third kappa shape index (κ3) is 7.02. The number of hydrogen-bond donors (Lipinski definition) is 0. The van der Waals surface area contributed by atoms with Gasteiger partial charge in [0, 0.05) is 9.40 Å². The number of unbranched alkanes of at least 4 members (excludes halogenated alkanes) is 10. The lowest BCUT2D eigenvalue weighted by Crippen LogP contribution is -1.94. The SMILES string of the molecule is [C-]#[N+]C([N+]#[C-])=c1cc2cc3c(CCCCCCCC)c4sc(=C(C#N)C#N)cc4cc3c(CCCCCCCC)c2s1. The molecule has 0 atom stereocenters. The van der Waals surface area contributed by atoms with Crippen LogP contribution in [-0.4, -0.2) is 0 Å². The predicted octanol–water partition coefficient (Wildman–Crippen LogP) is 10.2. The van der Waals surface area contributed by atoms with Gasteiger partial charge < -0.3 is 0 Å². The van der Waals surface area contributed by atoms with Crippen LogP contribution in [0.15, 0.2) is 24.3 Å². The Hall–Kier alpha value is -3.68. The molecule has 0 spiro atoms. The van der Waals surface area contributed by atoms with Crippen molar-refractivity contribution in [2.45, 2.75) is 104 Å². The van der Waals surface area contributed by atoms with Gasteiger partial charge in [-0.3, -0.25) is 0 Å². The summed E-state index contributed by atoms with van der Waals surface area (Å²) in [6, 6.07) is 12.8. The molecular weight excluding hydrogens is 553 g/mol. The first-order chi connectivity index (χ1) is 20.6. The Balaban J connectivity index is 1.93. The van der Waals surface area contributed by atoms with Crippen molar-refractivity contribution in [3.8, 4) is 12.1 Å². The molecule has 0 saturated carbocycles. The number of rotatable bonds is 14. The maximum Gasteiger partial charge on any atom is 0.536 e. The second-order valence-corrected chi connectivity index (χ2v) is 13.1. The molecular formula is C36H38N4S2. The normalized spacial score (nSPS) is 10.9. The van der Waals surface area contributed by atoms with Gasteiger partial charge in [0.25, 0.3) is 0 Å². The third-order valence-corrected chi connectivity index (χ3v) is 10.5. The van der Waals surface area contributed by atoms with Gasteiger partial charge in [-0.25, -0.2) is 0 Å². The molecule has 2 heterocycles. The Kier molecular flexibility index (Phi) is 11.6. The molecule has 0 saturated heterocycles. The highest BCUT2D eigenvalue weighted by Gasteiger charge is 2.18. The minimum absolute atomic E-state index is 0.139. The van der Waals surface area contributed by atoms with Gasteiger partial charge in [-0.15, -0.1) is 22.7 Å². The zero-order chi connectivity index (χ0) is 29.9. The number of thiophene rings is 2. The molecule has 214 valence electrons. The third-order valence-electron chi connectivity index (χ3n) is 8.07. The molecule has 4 aromatic rings. The van der Waals surface area contributed by atoms with Crippen LogP contribution in [0.1, 0.15) is 102 Å². The molecule has 0 aliphatic heterocycles. The largest absolute Gasteiger partial charge is 0.536 e. The summed E-state index contributed by atoms with van der Waals surface area (Å²) >= 11 is 3.14. The highest BCUT2D eigenvalue weighted by atomic mass is 32.1. The zero-order valence-electron chi connectivity index (χ0n) is 24.8. The van der Waals surface area contributed by atoms with E-state index in [2.05, 4.69) is 47.8 Å². The van der Waals surface area contributed by atoms with Crippen molar-refractivity contribution >= 4 is 65.0 Å². The van der Waals surface area contributed by atoms with E-state index < -0.39 is 0 Å². The maximum atomic E-state index is 9.59. The lowest BCUT2D eigenvalue weighted by Gasteiger charge is -2.14. The summed E-state index contributed by atoms with van der Waals surface area (Å²) in [7, 11) is 0. The van der Waals surface area contributed by atoms with Crippen LogP contribution in [-0.2, 0) is 12.8 Å². The van der Waals surface area contributed by atoms with E-state index in [0.717, 1.165) is 45.5 Å². The predicted molar refractivity (Wildman–Crippen MR) is 179 cm³/mol. The summed E-state index contributed by atoms with van der Waals surface area (Å²) in [5.74, 6) is 0.139. The van der Waals surface area contributed by atoms with Gasteiger partial charge in [0.05, 0.1) is 4.53 Å². The van der Waals surface area contributed by atoms with Crippen LogP contribution in [0.2, 0.25) is 0 Å². The second kappa shape index (κ2) is 15.5. The summed E-state index contributed by atoms with van der Waals surface area (Å²) in [5, 5.41) is 23.9. The number of benzene rings is 2. The van der Waals surface area contributed by atoms with Crippen molar-refractivity contribution in [2.75, 3.05) is 0 Å². The lowest BCUT2D eigenvalue weighted by molar-refractivity contribution is 0.608. The van der Waals surface area contributed by atoms with Crippen molar-refractivity contribution in [2.24, 2.45) is 0 Å². The van der Waals surface area contributed by atoms with Crippen molar-refractivity contribution in [3.05, 3.63) is 67.3 Å². The van der Waals surface area contributed by atoms with E-state index in [1.807, 2.05) is 12.1 Å². The fourth-order valence-corrected chi connectivity index (χ4v) is 8.20. The molecule has 4 nitrogen and oxygen atoms in total. The van der Waals surface area contributed by atoms with Crippen molar-refractivity contribution in [1.82, 2.24) is 0 Å². The minimum atomic E-state index is 0.139. The Morgan fingerprint density at radius 2 is 1.07 bits per heavy atom. The van der Waals surface area contributed by atoms with Crippen LogP contribution in [0, 0.1) is 35.8 Å². The van der Waals surface area contributed by atoms with E-state index in [0.29, 0.717) is 0 Å². The van der Waals surface area contributed by atoms with Crippen LogP contribution in [0.3, 0.4) is 0 Å². The molecule has 42 heavy (non-hydrogen) atoms. The molecule has 6 heteroatoms. The average molecular weight is 591 g/mol. The quantitative estimate of drug-likeness (QED) is 0.108. The van der Waals surface area contributed by atoms with E-state index in [1.54, 1.807) is 22.7 Å². The topological polar surface area (TPSA) is 56.3 Å². The van der Waals surface area contributed by atoms with E-state index in [4.69, 9.17) is 13.1 Å². The number of fused-ring (bicyclic) bond motifs is 3. The smallest absolute Gasteiger partial charge is 0.192 e. The Morgan fingerprint density at radius 3 is 1.52 bits per heavy atom. The van der Waals surface area contributed by atoms with E-state index in [9.17, 15) is 10.5 Å². The Bertz CT molecular complexity index is 1690. The van der Waals surface area contributed by atoms with Crippen LogP contribution in [0.5, 0.6) is 0 Å². The molecule has 2 aromatic heterocycles. The van der Waals surface area contributed by atoms with E-state index in [1.165, 1.54) is 95.5 Å². The first-order valence-corrected chi connectivity index (χ1v) is 17.0. The molecule has 0 unspecified atom stereocenters. The van der Waals surface area contributed by atoms with Gasteiger partial charge in [0.2, 0.25) is 0 Å². The zero-order valence-corrected chi connectivity index (χ0v) is 26.4. The summed E-state index contributed by atoms with van der Waals surface area (Å²) in [6.45, 7) is 19.5. The molecule has 2 aromatic carbocycles. The van der Waals surface area contributed by atoms with Crippen molar-refractivity contribution in [3.63, 3.8) is 0 Å². The van der Waals surface area contributed by atoms with Crippen LogP contribution in [0.25, 0.3) is 52.0 Å². The molecule has 0 fully saturated rings. The fraction of sp³-hybridized carbons (Fsp3) is 0.444. The lowest BCUT2D eigenvalue weighted by atomic mass is 9.91. The summed E-state index contributed by atoms with van der Waals surface area (Å²) in [5.41, 5.74) is 2.79. The molecule has 0 amide bonds. The summed E-state index contributed by atoms with van der Waals surface area (Å²) in [6.07, 6.45) is 16.6. The van der Waals surface area contributed by atoms with E-state index in [-0.39, 0.29) is 11.4 Å². The molecule has 0 aliphatic rings. The van der Waals surface area contributed by atoms with Crippen LogP contribution < -0.4 is 9.06 Å². The molecule has 0 N–H and O–H groups in total. The first-order valence-electron chi connectivity index (χ1n) is 15.3. The van der Waals surface area contributed by atoms with Gasteiger partial charge in [0.1, 0.15) is 35.4 Å². The van der Waals surface area contributed by atoms with Gasteiger partial charge in [-0.1, -0.05) is 78.1 Å². The maximum absolute atomic E-state index is 9.59. The highest BCUT2D eigenvalue weighted by molar-refractivity contribution is 7.18. The number of aryl methyl sites for hydroxylation is 2. The summed E-state index contributed by atoms with van der Waals surface area (Å²) < 4.78 is 3.84.